The highest BCUT2D eigenvalue weighted by Crippen LogP contribution is 2.36. The van der Waals surface area contributed by atoms with Crippen molar-refractivity contribution < 1.29 is 18.4 Å². The number of furan rings is 2. The van der Waals surface area contributed by atoms with E-state index in [-0.39, 0.29) is 18.4 Å². The fourth-order valence-electron chi connectivity index (χ4n) is 3.57. The van der Waals surface area contributed by atoms with Crippen molar-refractivity contribution in [3.05, 3.63) is 72.6 Å². The van der Waals surface area contributed by atoms with Crippen LogP contribution in [0.3, 0.4) is 0 Å². The summed E-state index contributed by atoms with van der Waals surface area (Å²) in [7, 11) is 0. The normalized spacial score (nSPS) is 15.3. The van der Waals surface area contributed by atoms with E-state index >= 15 is 0 Å². The monoisotopic (exact) mass is 393 g/mol. The zero-order valence-electron chi connectivity index (χ0n) is 16.4. The molecule has 1 aliphatic heterocycles. The van der Waals surface area contributed by atoms with E-state index in [4.69, 9.17) is 8.83 Å². The molecule has 0 bridgehead atoms. The van der Waals surface area contributed by atoms with Crippen LogP contribution in [0.15, 0.2) is 69.9 Å². The van der Waals surface area contributed by atoms with Gasteiger partial charge < -0.3 is 14.2 Å². The Bertz CT molecular complexity index is 957. The molecule has 1 N–H and O–H groups in total. The van der Waals surface area contributed by atoms with Crippen LogP contribution in [0.1, 0.15) is 25.4 Å². The minimum absolute atomic E-state index is 0.104. The molecule has 4 rings (SSSR count). The summed E-state index contributed by atoms with van der Waals surface area (Å²) < 4.78 is 10.9. The highest BCUT2D eigenvalue weighted by Gasteiger charge is 2.43. The lowest BCUT2D eigenvalue weighted by Gasteiger charge is -2.42. The molecule has 0 saturated heterocycles. The number of anilines is 2. The third-order valence-electron chi connectivity index (χ3n) is 5.04. The van der Waals surface area contributed by atoms with E-state index < -0.39 is 5.54 Å². The van der Waals surface area contributed by atoms with Gasteiger partial charge in [0.25, 0.3) is 0 Å². The third-order valence-corrected chi connectivity index (χ3v) is 5.04. The van der Waals surface area contributed by atoms with Gasteiger partial charge in [-0.3, -0.25) is 19.4 Å². The zero-order chi connectivity index (χ0) is 20.4. The highest BCUT2D eigenvalue weighted by molar-refractivity contribution is 6.14. The summed E-state index contributed by atoms with van der Waals surface area (Å²) in [6.07, 6.45) is 3.22. The molecule has 3 aromatic rings. The molecule has 0 fully saturated rings. The van der Waals surface area contributed by atoms with Crippen molar-refractivity contribution >= 4 is 23.2 Å². The number of para-hydroxylation sites is 2. The fourth-order valence-corrected chi connectivity index (χ4v) is 3.57. The maximum Gasteiger partial charge on any atom is 0.250 e. The molecule has 150 valence electrons. The standard InChI is InChI=1S/C22H23N3O4/c1-22(2)21(27)23-18-9-3-4-10-19(18)25(22)20(26)15-24(13-16-7-5-11-28-16)14-17-8-6-12-29-17/h3-12H,13-15H2,1-2H3,(H,23,27). The summed E-state index contributed by atoms with van der Waals surface area (Å²) in [6, 6.07) is 14.7. The molecule has 3 heterocycles. The summed E-state index contributed by atoms with van der Waals surface area (Å²) in [5.41, 5.74) is 0.318. The van der Waals surface area contributed by atoms with Crippen molar-refractivity contribution in [2.75, 3.05) is 16.8 Å². The molecular formula is C22H23N3O4. The first-order chi connectivity index (χ1) is 13.9. The second-order valence-corrected chi connectivity index (χ2v) is 7.56. The summed E-state index contributed by atoms with van der Waals surface area (Å²) in [6.45, 7) is 4.49. The Balaban J connectivity index is 1.61. The lowest BCUT2D eigenvalue weighted by atomic mass is 9.96. The lowest BCUT2D eigenvalue weighted by molar-refractivity contribution is -0.127. The van der Waals surface area contributed by atoms with E-state index in [9.17, 15) is 9.59 Å². The number of hydrogen-bond donors (Lipinski definition) is 1. The van der Waals surface area contributed by atoms with Crippen molar-refractivity contribution in [3.8, 4) is 0 Å². The van der Waals surface area contributed by atoms with Crippen LogP contribution in [0, 0.1) is 0 Å². The number of hydrogen-bond acceptors (Lipinski definition) is 5. The smallest absolute Gasteiger partial charge is 0.250 e. The Hall–Kier alpha value is -3.32. The molecular weight excluding hydrogens is 370 g/mol. The SMILES string of the molecule is CC1(C)C(=O)Nc2ccccc2N1C(=O)CN(Cc1ccco1)Cc1ccco1. The maximum atomic E-state index is 13.4. The molecule has 0 unspecified atom stereocenters. The average Bonchev–Trinajstić information content (AvgIpc) is 3.36. The van der Waals surface area contributed by atoms with Gasteiger partial charge in [0.05, 0.1) is 43.5 Å². The molecule has 0 radical (unpaired) electrons. The first kappa shape index (κ1) is 19.0. The molecule has 7 nitrogen and oxygen atoms in total. The van der Waals surface area contributed by atoms with Gasteiger partial charge in [0.15, 0.2) is 0 Å². The maximum absolute atomic E-state index is 13.4. The van der Waals surface area contributed by atoms with Gasteiger partial charge in [-0.2, -0.15) is 0 Å². The van der Waals surface area contributed by atoms with Crippen LogP contribution < -0.4 is 10.2 Å². The average molecular weight is 393 g/mol. The molecule has 2 aromatic heterocycles. The van der Waals surface area contributed by atoms with E-state index in [0.717, 1.165) is 11.5 Å². The van der Waals surface area contributed by atoms with Gasteiger partial charge in [0.2, 0.25) is 11.8 Å². The van der Waals surface area contributed by atoms with Crippen LogP contribution in [0.4, 0.5) is 11.4 Å². The van der Waals surface area contributed by atoms with Crippen LogP contribution in [-0.2, 0) is 22.7 Å². The Labute approximate surface area is 168 Å². The number of rotatable bonds is 6. The van der Waals surface area contributed by atoms with E-state index in [1.807, 2.05) is 47.4 Å². The summed E-state index contributed by atoms with van der Waals surface area (Å²) in [5.74, 6) is 1.12. The Morgan fingerprint density at radius 3 is 2.21 bits per heavy atom. The van der Waals surface area contributed by atoms with Gasteiger partial charge in [-0.25, -0.2) is 0 Å². The molecule has 0 aliphatic carbocycles. The number of carbonyl (C=O) groups is 2. The van der Waals surface area contributed by atoms with Crippen molar-refractivity contribution in [2.24, 2.45) is 0 Å². The Morgan fingerprint density at radius 2 is 1.62 bits per heavy atom. The molecule has 7 heteroatoms. The van der Waals surface area contributed by atoms with Crippen LogP contribution in [0.2, 0.25) is 0 Å². The molecule has 2 amide bonds. The largest absolute Gasteiger partial charge is 0.468 e. The third kappa shape index (κ3) is 3.82. The first-order valence-corrected chi connectivity index (χ1v) is 9.46. The summed E-state index contributed by atoms with van der Waals surface area (Å²) in [5, 5.41) is 2.88. The molecule has 0 spiro atoms. The Morgan fingerprint density at radius 1 is 1.00 bits per heavy atom. The number of fused-ring (bicyclic) bond motifs is 1. The van der Waals surface area contributed by atoms with Crippen LogP contribution >= 0.6 is 0 Å². The van der Waals surface area contributed by atoms with Gasteiger partial charge in [-0.1, -0.05) is 12.1 Å². The van der Waals surface area contributed by atoms with Crippen LogP contribution in [-0.4, -0.2) is 28.8 Å². The van der Waals surface area contributed by atoms with Crippen LogP contribution in [0.25, 0.3) is 0 Å². The fraction of sp³-hybridized carbons (Fsp3) is 0.273. The van der Waals surface area contributed by atoms with Crippen LogP contribution in [0.5, 0.6) is 0 Å². The quantitative estimate of drug-likeness (QED) is 0.692. The van der Waals surface area contributed by atoms with Gasteiger partial charge in [0.1, 0.15) is 17.1 Å². The predicted octanol–water partition coefficient (Wildman–Crippen LogP) is 3.64. The van der Waals surface area contributed by atoms with E-state index in [2.05, 4.69) is 5.32 Å². The van der Waals surface area contributed by atoms with Gasteiger partial charge in [-0.15, -0.1) is 0 Å². The number of carbonyl (C=O) groups excluding carboxylic acids is 2. The molecule has 0 saturated carbocycles. The summed E-state index contributed by atoms with van der Waals surface area (Å²) >= 11 is 0. The number of nitrogens with zero attached hydrogens (tertiary/aromatic N) is 2. The van der Waals surface area contributed by atoms with Crippen molar-refractivity contribution in [2.45, 2.75) is 32.5 Å². The van der Waals surface area contributed by atoms with E-state index in [1.165, 1.54) is 0 Å². The van der Waals surface area contributed by atoms with Gasteiger partial charge in [0, 0.05) is 0 Å². The highest BCUT2D eigenvalue weighted by atomic mass is 16.3. The van der Waals surface area contributed by atoms with Gasteiger partial charge in [-0.05, 0) is 50.2 Å². The number of benzene rings is 1. The lowest BCUT2D eigenvalue weighted by Crippen LogP contribution is -2.60. The van der Waals surface area contributed by atoms with Crippen molar-refractivity contribution in [3.63, 3.8) is 0 Å². The second kappa shape index (κ2) is 7.60. The Kier molecular flexibility index (Phi) is 4.98. The first-order valence-electron chi connectivity index (χ1n) is 9.46. The van der Waals surface area contributed by atoms with Crippen molar-refractivity contribution in [1.82, 2.24) is 4.90 Å². The van der Waals surface area contributed by atoms with Gasteiger partial charge >= 0.3 is 0 Å². The number of amides is 2. The minimum Gasteiger partial charge on any atom is -0.468 e. The molecule has 1 aromatic carbocycles. The summed E-state index contributed by atoms with van der Waals surface area (Å²) in [4.78, 5) is 29.6. The van der Waals surface area contributed by atoms with E-state index in [0.29, 0.717) is 24.5 Å². The molecule has 1 aliphatic rings. The molecule has 29 heavy (non-hydrogen) atoms. The predicted molar refractivity (Wildman–Crippen MR) is 108 cm³/mol. The van der Waals surface area contributed by atoms with E-state index in [1.54, 1.807) is 37.3 Å². The molecule has 0 atom stereocenters. The minimum atomic E-state index is -1.01. The van der Waals surface area contributed by atoms with Crippen molar-refractivity contribution in [1.29, 1.82) is 0 Å². The second-order valence-electron chi connectivity index (χ2n) is 7.56. The number of nitrogens with one attached hydrogen (secondary N) is 1. The topological polar surface area (TPSA) is 78.9 Å². The zero-order valence-corrected chi connectivity index (χ0v) is 16.4.